The molecule has 0 aromatic heterocycles. The van der Waals surface area contributed by atoms with Gasteiger partial charge in [-0.1, -0.05) is 55.4 Å². The highest BCUT2D eigenvalue weighted by Crippen LogP contribution is 2.12. The van der Waals surface area contributed by atoms with Gasteiger partial charge in [0.25, 0.3) is 0 Å². The summed E-state index contributed by atoms with van der Waals surface area (Å²) < 4.78 is 0. The Kier molecular flexibility index (Phi) is 15.3. The molecule has 0 fully saturated rings. The summed E-state index contributed by atoms with van der Waals surface area (Å²) in [5.41, 5.74) is 5.86. The third kappa shape index (κ3) is 12.5. The number of hydrogen-bond acceptors (Lipinski definition) is 7. The number of nitrogens with one attached hydrogen (secondary N) is 2. The molecule has 0 heterocycles. The van der Waals surface area contributed by atoms with Crippen molar-refractivity contribution >= 4 is 34.9 Å². The molecule has 0 saturated carbocycles. The Hall–Kier alpha value is -2.42. The van der Waals surface area contributed by atoms with E-state index >= 15 is 0 Å². The zero-order chi connectivity index (χ0) is 28.2. The summed E-state index contributed by atoms with van der Waals surface area (Å²) in [6.45, 7) is 14.0. The second-order valence-corrected chi connectivity index (χ2v) is 10.8. The maximum atomic E-state index is 12.7. The van der Waals surface area contributed by atoms with Crippen LogP contribution in [0.4, 0.5) is 0 Å². The predicted molar refractivity (Wildman–Crippen MR) is 139 cm³/mol. The largest absolute Gasteiger partial charge is 0.346 e. The maximum Gasteiger partial charge on any atom is 0.220 e. The van der Waals surface area contributed by atoms with Crippen molar-refractivity contribution in [1.82, 2.24) is 10.6 Å². The highest BCUT2D eigenvalue weighted by Gasteiger charge is 2.27. The van der Waals surface area contributed by atoms with Crippen molar-refractivity contribution in [2.75, 3.05) is 0 Å². The zero-order valence-corrected chi connectivity index (χ0v) is 23.3. The van der Waals surface area contributed by atoms with Gasteiger partial charge in [0.1, 0.15) is 5.78 Å². The van der Waals surface area contributed by atoms with Crippen LogP contribution < -0.4 is 16.4 Å². The molecule has 0 bridgehead atoms. The van der Waals surface area contributed by atoms with Crippen molar-refractivity contribution in [3.63, 3.8) is 0 Å². The Labute approximate surface area is 216 Å². The normalized spacial score (nSPS) is 14.0. The van der Waals surface area contributed by atoms with Crippen LogP contribution in [0, 0.1) is 23.7 Å². The van der Waals surface area contributed by atoms with E-state index in [0.717, 1.165) is 0 Å². The first-order chi connectivity index (χ1) is 16.6. The highest BCUT2D eigenvalue weighted by molar-refractivity contribution is 5.93. The molecule has 3 atom stereocenters. The molecule has 0 aliphatic rings. The van der Waals surface area contributed by atoms with Crippen LogP contribution in [0.2, 0.25) is 0 Å². The summed E-state index contributed by atoms with van der Waals surface area (Å²) in [6.07, 6.45) is 0.559. The first-order valence-electron chi connectivity index (χ1n) is 13.1. The highest BCUT2D eigenvalue weighted by atomic mass is 16.2. The third-order valence-corrected chi connectivity index (χ3v) is 6.10. The fourth-order valence-corrected chi connectivity index (χ4v) is 3.62. The number of Topliss-reactive ketones (excluding diaryl/α,β-unsaturated/α-hetero) is 4. The number of hydrogen-bond donors (Lipinski definition) is 3. The smallest absolute Gasteiger partial charge is 0.220 e. The fraction of sp³-hybridized carbons (Fsp3) is 0.778. The van der Waals surface area contributed by atoms with Gasteiger partial charge >= 0.3 is 0 Å². The van der Waals surface area contributed by atoms with Crippen LogP contribution in [0.25, 0.3) is 0 Å². The standard InChI is InChI=1S/C27H47N3O6/c1-15(2)22(31)12-10-20(26(35)17(5)6)29-24(33)14-11-21(27(36)18(7)8)30-23(32)13-9-19(28)25(34)16(3)4/h15-21H,9-14,28H2,1-8H3,(H,29,33)(H,30,32). The lowest BCUT2D eigenvalue weighted by Crippen LogP contribution is -2.46. The molecule has 9 nitrogen and oxygen atoms in total. The lowest BCUT2D eigenvalue weighted by molar-refractivity contribution is -0.132. The van der Waals surface area contributed by atoms with Crippen molar-refractivity contribution in [2.45, 2.75) is 112 Å². The van der Waals surface area contributed by atoms with Crippen LogP contribution in [-0.4, -0.2) is 53.1 Å². The first-order valence-corrected chi connectivity index (χ1v) is 13.1. The van der Waals surface area contributed by atoms with Gasteiger partial charge in [0.05, 0.1) is 18.1 Å². The average Bonchev–Trinajstić information content (AvgIpc) is 2.80. The van der Waals surface area contributed by atoms with Gasteiger partial charge in [0.15, 0.2) is 17.3 Å². The predicted octanol–water partition coefficient (Wildman–Crippen LogP) is 2.52. The topological polar surface area (TPSA) is 152 Å². The van der Waals surface area contributed by atoms with Crippen molar-refractivity contribution in [3.05, 3.63) is 0 Å². The summed E-state index contributed by atoms with van der Waals surface area (Å²) >= 11 is 0. The van der Waals surface area contributed by atoms with E-state index in [9.17, 15) is 28.8 Å². The van der Waals surface area contributed by atoms with Crippen LogP contribution in [0.1, 0.15) is 93.9 Å². The van der Waals surface area contributed by atoms with Gasteiger partial charge in [-0.25, -0.2) is 0 Å². The Morgan fingerprint density at radius 2 is 0.889 bits per heavy atom. The average molecular weight is 510 g/mol. The van der Waals surface area contributed by atoms with Crippen LogP contribution in [-0.2, 0) is 28.8 Å². The summed E-state index contributed by atoms with van der Waals surface area (Å²) in [5, 5.41) is 5.39. The van der Waals surface area contributed by atoms with Crippen molar-refractivity contribution in [2.24, 2.45) is 29.4 Å². The van der Waals surface area contributed by atoms with Crippen LogP contribution in [0.3, 0.4) is 0 Å². The molecule has 9 heteroatoms. The van der Waals surface area contributed by atoms with Gasteiger partial charge in [-0.2, -0.15) is 0 Å². The van der Waals surface area contributed by atoms with Gasteiger partial charge in [0, 0.05) is 42.9 Å². The Morgan fingerprint density at radius 1 is 0.528 bits per heavy atom. The van der Waals surface area contributed by atoms with Gasteiger partial charge in [-0.05, 0) is 19.3 Å². The van der Waals surface area contributed by atoms with E-state index < -0.39 is 29.9 Å². The third-order valence-electron chi connectivity index (χ3n) is 6.10. The second kappa shape index (κ2) is 16.3. The van der Waals surface area contributed by atoms with Crippen LogP contribution in [0.15, 0.2) is 0 Å². The quantitative estimate of drug-likeness (QED) is 0.257. The molecule has 0 rings (SSSR count). The summed E-state index contributed by atoms with van der Waals surface area (Å²) in [5.74, 6) is -2.37. The Bertz CT molecular complexity index is 788. The Morgan fingerprint density at radius 3 is 1.25 bits per heavy atom. The van der Waals surface area contributed by atoms with Crippen molar-refractivity contribution in [3.8, 4) is 0 Å². The molecule has 2 amide bonds. The van der Waals surface area contributed by atoms with Crippen molar-refractivity contribution < 1.29 is 28.8 Å². The molecule has 0 radical (unpaired) electrons. The number of ketones is 4. The number of nitrogens with two attached hydrogens (primary N) is 1. The summed E-state index contributed by atoms with van der Waals surface area (Å²) in [7, 11) is 0. The van der Waals surface area contributed by atoms with E-state index in [4.69, 9.17) is 5.73 Å². The summed E-state index contributed by atoms with van der Waals surface area (Å²) in [6, 6.07) is -2.41. The van der Waals surface area contributed by atoms with Gasteiger partial charge in [-0.3, -0.25) is 28.8 Å². The van der Waals surface area contributed by atoms with E-state index in [2.05, 4.69) is 10.6 Å². The molecule has 3 unspecified atom stereocenters. The Balaban J connectivity index is 5.13. The summed E-state index contributed by atoms with van der Waals surface area (Å²) in [4.78, 5) is 74.4. The number of carbonyl (C=O) groups excluding carboxylic acids is 6. The van der Waals surface area contributed by atoms with Gasteiger partial charge < -0.3 is 16.4 Å². The molecule has 0 aliphatic heterocycles. The molecule has 36 heavy (non-hydrogen) atoms. The lowest BCUT2D eigenvalue weighted by atomic mass is 9.94. The van der Waals surface area contributed by atoms with E-state index in [0.29, 0.717) is 0 Å². The molecular formula is C27H47N3O6. The molecule has 206 valence electrons. The minimum atomic E-state index is -0.873. The molecule has 0 aromatic rings. The van der Waals surface area contributed by atoms with Gasteiger partial charge in [-0.15, -0.1) is 0 Å². The SMILES string of the molecule is CC(C)C(=O)CCC(NC(=O)CCC(NC(=O)CCC(N)C(=O)C(C)C)C(=O)C(C)C)C(=O)C(C)C. The van der Waals surface area contributed by atoms with Crippen LogP contribution in [0.5, 0.6) is 0 Å². The minimum Gasteiger partial charge on any atom is -0.346 e. The number of carbonyl (C=O) groups is 6. The zero-order valence-electron chi connectivity index (χ0n) is 23.3. The minimum absolute atomic E-state index is 0.0114. The molecular weight excluding hydrogens is 462 g/mol. The molecule has 0 saturated heterocycles. The van der Waals surface area contributed by atoms with E-state index in [1.54, 1.807) is 55.4 Å². The molecule has 4 N–H and O–H groups in total. The number of rotatable bonds is 18. The van der Waals surface area contributed by atoms with E-state index in [1.807, 2.05) is 0 Å². The second-order valence-electron chi connectivity index (χ2n) is 10.8. The molecule has 0 spiro atoms. The van der Waals surface area contributed by atoms with Gasteiger partial charge in [0.2, 0.25) is 11.8 Å². The van der Waals surface area contributed by atoms with Crippen molar-refractivity contribution in [1.29, 1.82) is 0 Å². The lowest BCUT2D eigenvalue weighted by Gasteiger charge is -2.22. The van der Waals surface area contributed by atoms with E-state index in [1.165, 1.54) is 0 Å². The maximum absolute atomic E-state index is 12.7. The molecule has 0 aromatic carbocycles. The van der Waals surface area contributed by atoms with Crippen LogP contribution >= 0.6 is 0 Å². The fourth-order valence-electron chi connectivity index (χ4n) is 3.62. The molecule has 0 aliphatic carbocycles. The van der Waals surface area contributed by atoms with E-state index in [-0.39, 0.29) is 85.3 Å². The monoisotopic (exact) mass is 509 g/mol. The number of amides is 2. The first kappa shape index (κ1) is 33.6.